The van der Waals surface area contributed by atoms with E-state index in [0.717, 1.165) is 49.6 Å². The zero-order chi connectivity index (χ0) is 14.2. The Morgan fingerprint density at radius 1 is 1.33 bits per heavy atom. The molecule has 21 heavy (non-hydrogen) atoms. The summed E-state index contributed by atoms with van der Waals surface area (Å²) in [6.45, 7) is 3.40. The van der Waals surface area contributed by atoms with E-state index in [0.29, 0.717) is 18.3 Å². The molecule has 0 radical (unpaired) electrons. The Bertz CT molecular complexity index is 661. The van der Waals surface area contributed by atoms with Gasteiger partial charge in [0.1, 0.15) is 12.3 Å². The second-order valence-electron chi connectivity index (χ2n) is 5.49. The van der Waals surface area contributed by atoms with Crippen molar-refractivity contribution < 1.29 is 4.74 Å². The minimum atomic E-state index is 0.260. The third-order valence-corrected chi connectivity index (χ3v) is 4.13. The SMILES string of the molecule is Nc1ncc2c(n1)-c1cc(C3CCNCC3)nn1CCO2. The zero-order valence-electron chi connectivity index (χ0n) is 11.7. The number of aromatic nitrogens is 4. The third-order valence-electron chi connectivity index (χ3n) is 4.13. The molecule has 1 saturated heterocycles. The van der Waals surface area contributed by atoms with Crippen molar-refractivity contribution in [2.24, 2.45) is 0 Å². The Balaban J connectivity index is 1.77. The predicted molar refractivity (Wildman–Crippen MR) is 78.0 cm³/mol. The van der Waals surface area contributed by atoms with Crippen LogP contribution in [-0.2, 0) is 6.54 Å². The van der Waals surface area contributed by atoms with E-state index in [-0.39, 0.29) is 5.95 Å². The Hall–Kier alpha value is -2.15. The van der Waals surface area contributed by atoms with Crippen LogP contribution in [-0.4, -0.2) is 39.4 Å². The molecule has 4 heterocycles. The second kappa shape index (κ2) is 5.00. The number of nitrogen functional groups attached to an aromatic ring is 1. The third kappa shape index (κ3) is 2.23. The summed E-state index contributed by atoms with van der Waals surface area (Å²) in [5.74, 6) is 1.46. The molecule has 2 aliphatic rings. The number of hydrogen-bond acceptors (Lipinski definition) is 6. The fraction of sp³-hybridized carbons (Fsp3) is 0.500. The molecule has 7 heteroatoms. The van der Waals surface area contributed by atoms with Gasteiger partial charge in [-0.3, -0.25) is 4.68 Å². The number of nitrogens with zero attached hydrogens (tertiary/aromatic N) is 4. The van der Waals surface area contributed by atoms with E-state index < -0.39 is 0 Å². The van der Waals surface area contributed by atoms with Crippen LogP contribution in [0.4, 0.5) is 5.95 Å². The standard InChI is InChI=1S/C14H18N6O/c15-14-17-8-12-13(18-14)11-7-10(9-1-3-16-4-2-9)19-20(11)5-6-21-12/h7-9,16H,1-6H2,(H2,15,17,18). The van der Waals surface area contributed by atoms with E-state index in [1.165, 1.54) is 0 Å². The lowest BCUT2D eigenvalue weighted by Gasteiger charge is -2.20. The molecule has 0 bridgehead atoms. The Morgan fingerprint density at radius 3 is 3.05 bits per heavy atom. The van der Waals surface area contributed by atoms with Crippen molar-refractivity contribution >= 4 is 5.95 Å². The highest BCUT2D eigenvalue weighted by Gasteiger charge is 2.24. The number of hydrogen-bond donors (Lipinski definition) is 2. The smallest absolute Gasteiger partial charge is 0.220 e. The normalized spacial score (nSPS) is 18.5. The van der Waals surface area contributed by atoms with Gasteiger partial charge in [-0.1, -0.05) is 0 Å². The first-order chi connectivity index (χ1) is 10.3. The summed E-state index contributed by atoms with van der Waals surface area (Å²) in [6.07, 6.45) is 3.90. The van der Waals surface area contributed by atoms with E-state index in [4.69, 9.17) is 15.6 Å². The molecule has 0 spiro atoms. The van der Waals surface area contributed by atoms with Gasteiger partial charge in [0.2, 0.25) is 5.95 Å². The van der Waals surface area contributed by atoms with E-state index in [1.807, 2.05) is 4.68 Å². The van der Waals surface area contributed by atoms with Crippen LogP contribution in [0.3, 0.4) is 0 Å². The molecular weight excluding hydrogens is 268 g/mol. The highest BCUT2D eigenvalue weighted by molar-refractivity contribution is 5.64. The quantitative estimate of drug-likeness (QED) is 0.805. The Labute approximate surface area is 122 Å². The summed E-state index contributed by atoms with van der Waals surface area (Å²) in [5.41, 5.74) is 8.59. The highest BCUT2D eigenvalue weighted by Crippen LogP contribution is 2.33. The second-order valence-corrected chi connectivity index (χ2v) is 5.49. The summed E-state index contributed by atoms with van der Waals surface area (Å²) in [5, 5.41) is 8.16. The number of nitrogens with one attached hydrogen (secondary N) is 1. The van der Waals surface area contributed by atoms with Crippen LogP contribution in [0.1, 0.15) is 24.5 Å². The van der Waals surface area contributed by atoms with Crippen molar-refractivity contribution in [2.45, 2.75) is 25.3 Å². The van der Waals surface area contributed by atoms with Gasteiger partial charge in [0, 0.05) is 5.92 Å². The molecule has 110 valence electrons. The fourth-order valence-corrected chi connectivity index (χ4v) is 3.03. The minimum Gasteiger partial charge on any atom is -0.488 e. The molecule has 4 rings (SSSR count). The van der Waals surface area contributed by atoms with Crippen LogP contribution in [0.25, 0.3) is 11.4 Å². The Morgan fingerprint density at radius 2 is 2.19 bits per heavy atom. The number of anilines is 1. The summed E-state index contributed by atoms with van der Waals surface area (Å²) >= 11 is 0. The average Bonchev–Trinajstić information content (AvgIpc) is 2.87. The molecule has 3 N–H and O–H groups in total. The first kappa shape index (κ1) is 12.6. The first-order valence-corrected chi connectivity index (χ1v) is 7.35. The zero-order valence-corrected chi connectivity index (χ0v) is 11.7. The fourth-order valence-electron chi connectivity index (χ4n) is 3.03. The molecule has 1 fully saturated rings. The lowest BCUT2D eigenvalue weighted by molar-refractivity contribution is 0.297. The molecule has 7 nitrogen and oxygen atoms in total. The van der Waals surface area contributed by atoms with Gasteiger partial charge >= 0.3 is 0 Å². The number of rotatable bonds is 1. The first-order valence-electron chi connectivity index (χ1n) is 7.35. The van der Waals surface area contributed by atoms with Gasteiger partial charge in [0.05, 0.1) is 24.1 Å². The van der Waals surface area contributed by atoms with Gasteiger partial charge < -0.3 is 15.8 Å². The highest BCUT2D eigenvalue weighted by atomic mass is 16.5. The minimum absolute atomic E-state index is 0.260. The van der Waals surface area contributed by atoms with Gasteiger partial charge in [-0.05, 0) is 32.0 Å². The Kier molecular flexibility index (Phi) is 2.99. The maximum atomic E-state index is 5.72. The lowest BCUT2D eigenvalue weighted by Crippen LogP contribution is -2.26. The van der Waals surface area contributed by atoms with Crippen LogP contribution >= 0.6 is 0 Å². The summed E-state index contributed by atoms with van der Waals surface area (Å²) in [4.78, 5) is 8.35. The van der Waals surface area contributed by atoms with Crippen molar-refractivity contribution in [3.63, 3.8) is 0 Å². The van der Waals surface area contributed by atoms with Gasteiger partial charge in [0.25, 0.3) is 0 Å². The summed E-state index contributed by atoms with van der Waals surface area (Å²) in [6, 6.07) is 2.13. The van der Waals surface area contributed by atoms with E-state index in [2.05, 4.69) is 21.4 Å². The molecule has 0 aliphatic carbocycles. The van der Waals surface area contributed by atoms with Crippen molar-refractivity contribution in [1.82, 2.24) is 25.1 Å². The van der Waals surface area contributed by atoms with E-state index >= 15 is 0 Å². The molecular formula is C14H18N6O. The topological polar surface area (TPSA) is 90.9 Å². The molecule has 2 aromatic heterocycles. The van der Waals surface area contributed by atoms with E-state index in [1.54, 1.807) is 6.20 Å². The van der Waals surface area contributed by atoms with Crippen molar-refractivity contribution in [3.8, 4) is 17.1 Å². The number of nitrogens with two attached hydrogens (primary N) is 1. The van der Waals surface area contributed by atoms with Crippen molar-refractivity contribution in [3.05, 3.63) is 18.0 Å². The molecule has 2 aromatic rings. The molecule has 2 aliphatic heterocycles. The van der Waals surface area contributed by atoms with Gasteiger partial charge in [0.15, 0.2) is 5.75 Å². The average molecular weight is 286 g/mol. The number of ether oxygens (including phenoxy) is 1. The van der Waals surface area contributed by atoms with Gasteiger partial charge in [-0.25, -0.2) is 9.97 Å². The van der Waals surface area contributed by atoms with E-state index in [9.17, 15) is 0 Å². The largest absolute Gasteiger partial charge is 0.488 e. The van der Waals surface area contributed by atoms with Crippen LogP contribution in [0.5, 0.6) is 5.75 Å². The van der Waals surface area contributed by atoms with Crippen LogP contribution in [0, 0.1) is 0 Å². The van der Waals surface area contributed by atoms with Crippen LogP contribution in [0.2, 0.25) is 0 Å². The lowest BCUT2D eigenvalue weighted by atomic mass is 9.94. The molecule has 0 unspecified atom stereocenters. The van der Waals surface area contributed by atoms with Gasteiger partial charge in [-0.2, -0.15) is 5.10 Å². The molecule has 0 atom stereocenters. The number of piperidine rings is 1. The maximum absolute atomic E-state index is 5.72. The molecule has 0 aromatic carbocycles. The molecule has 0 saturated carbocycles. The van der Waals surface area contributed by atoms with Crippen LogP contribution in [0.15, 0.2) is 12.3 Å². The number of fused-ring (bicyclic) bond motifs is 3. The van der Waals surface area contributed by atoms with Gasteiger partial charge in [-0.15, -0.1) is 0 Å². The van der Waals surface area contributed by atoms with Crippen LogP contribution < -0.4 is 15.8 Å². The molecule has 0 amide bonds. The van der Waals surface area contributed by atoms with Crippen molar-refractivity contribution in [1.29, 1.82) is 0 Å². The summed E-state index contributed by atoms with van der Waals surface area (Å²) < 4.78 is 7.66. The predicted octanol–water partition coefficient (Wildman–Crippen LogP) is 0.782. The summed E-state index contributed by atoms with van der Waals surface area (Å²) in [7, 11) is 0. The maximum Gasteiger partial charge on any atom is 0.220 e. The van der Waals surface area contributed by atoms with Crippen molar-refractivity contribution in [2.75, 3.05) is 25.4 Å². The monoisotopic (exact) mass is 286 g/mol.